The second kappa shape index (κ2) is 9.92. The summed E-state index contributed by atoms with van der Waals surface area (Å²) >= 11 is 5.88. The predicted octanol–water partition coefficient (Wildman–Crippen LogP) is 2.98. The van der Waals surface area contributed by atoms with Crippen LogP contribution in [0.5, 0.6) is 0 Å². The van der Waals surface area contributed by atoms with Crippen LogP contribution in [0.25, 0.3) is 0 Å². The van der Waals surface area contributed by atoms with Crippen molar-refractivity contribution >= 4 is 35.8 Å². The van der Waals surface area contributed by atoms with Gasteiger partial charge in [-0.05, 0) is 30.2 Å². The fourth-order valence-corrected chi connectivity index (χ4v) is 3.30. The van der Waals surface area contributed by atoms with Crippen LogP contribution < -0.4 is 5.73 Å². The minimum atomic E-state index is -0.665. The van der Waals surface area contributed by atoms with E-state index < -0.39 is 6.04 Å². The summed E-state index contributed by atoms with van der Waals surface area (Å²) in [5.74, 6) is -0.0316. The molecule has 2 N–H and O–H groups in total. The number of piperazine rings is 1. The predicted molar refractivity (Wildman–Crippen MR) is 114 cm³/mol. The Hall–Kier alpha value is -2.08. The van der Waals surface area contributed by atoms with Crippen molar-refractivity contribution in [3.8, 4) is 0 Å². The van der Waals surface area contributed by atoms with E-state index in [0.717, 1.165) is 16.7 Å². The van der Waals surface area contributed by atoms with Crippen molar-refractivity contribution in [3.05, 3.63) is 70.2 Å². The van der Waals surface area contributed by atoms with Gasteiger partial charge in [-0.25, -0.2) is 0 Å². The van der Waals surface area contributed by atoms with Gasteiger partial charge in [0.1, 0.15) is 6.04 Å². The van der Waals surface area contributed by atoms with Crippen LogP contribution in [0.2, 0.25) is 5.02 Å². The Morgan fingerprint density at radius 2 is 1.50 bits per heavy atom. The molecule has 1 unspecified atom stereocenters. The largest absolute Gasteiger partial charge is 0.339 e. The van der Waals surface area contributed by atoms with E-state index in [1.807, 2.05) is 43.3 Å². The Labute approximate surface area is 176 Å². The van der Waals surface area contributed by atoms with E-state index in [4.69, 9.17) is 17.3 Å². The van der Waals surface area contributed by atoms with E-state index >= 15 is 0 Å². The van der Waals surface area contributed by atoms with Crippen molar-refractivity contribution in [1.82, 2.24) is 9.80 Å². The topological polar surface area (TPSA) is 66.6 Å². The number of nitrogens with two attached hydrogens (primary N) is 1. The van der Waals surface area contributed by atoms with Gasteiger partial charge >= 0.3 is 0 Å². The van der Waals surface area contributed by atoms with Crippen LogP contribution in [0.15, 0.2) is 48.5 Å². The van der Waals surface area contributed by atoms with E-state index in [-0.39, 0.29) is 24.2 Å². The smallest absolute Gasteiger partial charge is 0.244 e. The number of benzene rings is 2. The van der Waals surface area contributed by atoms with Crippen LogP contribution in [0, 0.1) is 6.92 Å². The number of hydrogen-bond acceptors (Lipinski definition) is 3. The summed E-state index contributed by atoms with van der Waals surface area (Å²) in [6, 6.07) is 14.3. The Bertz CT molecular complexity index is 801. The van der Waals surface area contributed by atoms with Crippen LogP contribution >= 0.6 is 24.0 Å². The van der Waals surface area contributed by atoms with Gasteiger partial charge in [0.15, 0.2) is 0 Å². The number of carbonyl (C=O) groups excluding carboxylic acids is 2. The fourth-order valence-electron chi connectivity index (χ4n) is 3.18. The lowest BCUT2D eigenvalue weighted by Gasteiger charge is -2.36. The maximum Gasteiger partial charge on any atom is 0.244 e. The zero-order valence-corrected chi connectivity index (χ0v) is 17.4. The normalized spacial score (nSPS) is 15.0. The summed E-state index contributed by atoms with van der Waals surface area (Å²) in [4.78, 5) is 28.7. The van der Waals surface area contributed by atoms with Gasteiger partial charge < -0.3 is 15.5 Å². The van der Waals surface area contributed by atoms with Crippen molar-refractivity contribution in [2.75, 3.05) is 26.2 Å². The molecular formula is C21H25Cl2N3O2. The molecule has 1 aliphatic rings. The molecule has 2 aromatic rings. The first-order valence-corrected chi connectivity index (χ1v) is 9.45. The van der Waals surface area contributed by atoms with Crippen LogP contribution in [0.3, 0.4) is 0 Å². The molecule has 1 atom stereocenters. The minimum Gasteiger partial charge on any atom is -0.339 e. The van der Waals surface area contributed by atoms with Crippen LogP contribution in [0.1, 0.15) is 22.7 Å². The molecule has 0 radical (unpaired) electrons. The summed E-state index contributed by atoms with van der Waals surface area (Å²) < 4.78 is 0. The van der Waals surface area contributed by atoms with Crippen molar-refractivity contribution in [1.29, 1.82) is 0 Å². The Morgan fingerprint density at radius 3 is 2.07 bits per heavy atom. The summed E-state index contributed by atoms with van der Waals surface area (Å²) in [6.07, 6.45) is 0.341. The van der Waals surface area contributed by atoms with E-state index in [0.29, 0.717) is 37.6 Å². The van der Waals surface area contributed by atoms with E-state index in [1.165, 1.54) is 0 Å². The average molecular weight is 422 g/mol. The Kier molecular flexibility index (Phi) is 7.87. The summed E-state index contributed by atoms with van der Waals surface area (Å²) in [5, 5.41) is 0.656. The number of halogens is 2. The molecule has 28 heavy (non-hydrogen) atoms. The highest BCUT2D eigenvalue weighted by molar-refractivity contribution is 6.30. The molecule has 0 spiro atoms. The molecule has 1 saturated heterocycles. The first-order valence-electron chi connectivity index (χ1n) is 9.07. The molecule has 7 heteroatoms. The average Bonchev–Trinajstić information content (AvgIpc) is 2.69. The number of rotatable bonds is 4. The molecular weight excluding hydrogens is 397 g/mol. The van der Waals surface area contributed by atoms with Gasteiger partial charge in [-0.3, -0.25) is 9.59 Å². The lowest BCUT2D eigenvalue weighted by molar-refractivity contribution is -0.140. The second-order valence-electron chi connectivity index (χ2n) is 6.90. The highest BCUT2D eigenvalue weighted by Crippen LogP contribution is 2.16. The lowest BCUT2D eigenvalue weighted by atomic mass is 10.0. The molecule has 0 aliphatic carbocycles. The van der Waals surface area contributed by atoms with Gasteiger partial charge in [0.25, 0.3) is 0 Å². The molecule has 3 rings (SSSR count). The minimum absolute atomic E-state index is 0. The number of hydrogen-bond donors (Lipinski definition) is 1. The van der Waals surface area contributed by atoms with E-state index in [9.17, 15) is 9.59 Å². The third-order valence-electron chi connectivity index (χ3n) is 4.92. The summed E-state index contributed by atoms with van der Waals surface area (Å²) in [7, 11) is 0. The number of carbonyl (C=O) groups is 2. The molecule has 150 valence electrons. The molecule has 0 saturated carbocycles. The van der Waals surface area contributed by atoms with Crippen LogP contribution in [-0.2, 0) is 16.0 Å². The monoisotopic (exact) mass is 421 g/mol. The maximum absolute atomic E-state index is 12.7. The standard InChI is InChI=1S/C21H24ClN3O2.ClH/c1-15-2-6-17(7-3-15)20(23)21(27)25-12-10-24(11-13-25)19(26)14-16-4-8-18(22)9-5-16;/h2-9,20H,10-14,23H2,1H3;1H. The van der Waals surface area contributed by atoms with E-state index in [1.54, 1.807) is 21.9 Å². The van der Waals surface area contributed by atoms with Crippen molar-refractivity contribution in [2.45, 2.75) is 19.4 Å². The Balaban J connectivity index is 0.00000280. The molecule has 0 bridgehead atoms. The fraction of sp³-hybridized carbons (Fsp3) is 0.333. The zero-order valence-electron chi connectivity index (χ0n) is 15.8. The van der Waals surface area contributed by atoms with Crippen molar-refractivity contribution in [2.24, 2.45) is 5.73 Å². The molecule has 1 heterocycles. The number of nitrogens with zero attached hydrogens (tertiary/aromatic N) is 2. The lowest BCUT2D eigenvalue weighted by Crippen LogP contribution is -2.52. The first-order chi connectivity index (χ1) is 12.9. The van der Waals surface area contributed by atoms with Gasteiger partial charge in [0.05, 0.1) is 6.42 Å². The van der Waals surface area contributed by atoms with E-state index in [2.05, 4.69) is 0 Å². The SMILES string of the molecule is Cc1ccc(C(N)C(=O)N2CCN(C(=O)Cc3ccc(Cl)cc3)CC2)cc1.Cl. The third kappa shape index (κ3) is 5.47. The highest BCUT2D eigenvalue weighted by Gasteiger charge is 2.27. The van der Waals surface area contributed by atoms with Crippen LogP contribution in [-0.4, -0.2) is 47.8 Å². The Morgan fingerprint density at radius 1 is 0.964 bits per heavy atom. The van der Waals surface area contributed by atoms with Crippen molar-refractivity contribution < 1.29 is 9.59 Å². The van der Waals surface area contributed by atoms with Gasteiger partial charge in [0, 0.05) is 31.2 Å². The quantitative estimate of drug-likeness (QED) is 0.824. The van der Waals surface area contributed by atoms with Gasteiger partial charge in [-0.15, -0.1) is 12.4 Å². The first kappa shape index (κ1) is 22.2. The second-order valence-corrected chi connectivity index (χ2v) is 7.33. The van der Waals surface area contributed by atoms with Gasteiger partial charge in [-0.1, -0.05) is 53.6 Å². The van der Waals surface area contributed by atoms with Crippen LogP contribution in [0.4, 0.5) is 0 Å². The molecule has 0 aromatic heterocycles. The molecule has 1 aliphatic heterocycles. The van der Waals surface area contributed by atoms with Gasteiger partial charge in [-0.2, -0.15) is 0 Å². The highest BCUT2D eigenvalue weighted by atomic mass is 35.5. The van der Waals surface area contributed by atoms with Crippen molar-refractivity contribution in [3.63, 3.8) is 0 Å². The third-order valence-corrected chi connectivity index (χ3v) is 5.17. The summed E-state index contributed by atoms with van der Waals surface area (Å²) in [5.41, 5.74) is 9.02. The summed E-state index contributed by atoms with van der Waals surface area (Å²) in [6.45, 7) is 4.06. The van der Waals surface area contributed by atoms with Gasteiger partial charge in [0.2, 0.25) is 11.8 Å². The maximum atomic E-state index is 12.7. The molecule has 2 amide bonds. The number of aryl methyl sites for hydroxylation is 1. The number of amides is 2. The molecule has 1 fully saturated rings. The molecule has 5 nitrogen and oxygen atoms in total. The molecule has 2 aromatic carbocycles. The zero-order chi connectivity index (χ0) is 19.4.